The van der Waals surface area contributed by atoms with Gasteiger partial charge in [-0.05, 0) is 37.4 Å². The van der Waals surface area contributed by atoms with Crippen molar-refractivity contribution in [2.45, 2.75) is 25.9 Å². The van der Waals surface area contributed by atoms with Gasteiger partial charge in [0, 0.05) is 56.7 Å². The van der Waals surface area contributed by atoms with Gasteiger partial charge in [-0.2, -0.15) is 0 Å². The molecule has 0 bridgehead atoms. The third-order valence-electron chi connectivity index (χ3n) is 6.18. The SMILES string of the molecule is CN(C)C(=O)C(=O)c1cn(N)c2cc(Cl)c(C(=O)N3CCN(Cc4cccs4)CC3(C)C)cc12. The van der Waals surface area contributed by atoms with Crippen molar-refractivity contribution in [3.8, 4) is 0 Å². The lowest BCUT2D eigenvalue weighted by molar-refractivity contribution is -0.124. The summed E-state index contributed by atoms with van der Waals surface area (Å²) in [6, 6.07) is 7.31. The van der Waals surface area contributed by atoms with E-state index in [-0.39, 0.29) is 22.1 Å². The molecule has 2 aromatic heterocycles. The number of ketones is 1. The molecule has 0 atom stereocenters. The number of carbonyl (C=O) groups is 3. The minimum absolute atomic E-state index is 0.141. The monoisotopic (exact) mass is 501 g/mol. The summed E-state index contributed by atoms with van der Waals surface area (Å²) < 4.78 is 1.25. The predicted molar refractivity (Wildman–Crippen MR) is 135 cm³/mol. The summed E-state index contributed by atoms with van der Waals surface area (Å²) in [5.41, 5.74) is 0.467. The molecule has 0 unspecified atom stereocenters. The van der Waals surface area contributed by atoms with E-state index in [2.05, 4.69) is 16.3 Å². The zero-order valence-corrected chi connectivity index (χ0v) is 21.2. The van der Waals surface area contributed by atoms with Crippen LogP contribution in [0, 0.1) is 0 Å². The largest absolute Gasteiger partial charge is 0.342 e. The van der Waals surface area contributed by atoms with E-state index in [9.17, 15) is 14.4 Å². The lowest BCUT2D eigenvalue weighted by Gasteiger charge is -2.47. The summed E-state index contributed by atoms with van der Waals surface area (Å²) in [5.74, 6) is 4.45. The van der Waals surface area contributed by atoms with Crippen LogP contribution in [0.25, 0.3) is 10.9 Å². The number of thiophene rings is 1. The Morgan fingerprint density at radius 1 is 1.18 bits per heavy atom. The van der Waals surface area contributed by atoms with Gasteiger partial charge in [-0.1, -0.05) is 17.7 Å². The average Bonchev–Trinajstić information content (AvgIpc) is 3.39. The van der Waals surface area contributed by atoms with Crippen molar-refractivity contribution in [1.82, 2.24) is 19.4 Å². The molecule has 0 spiro atoms. The Morgan fingerprint density at radius 2 is 1.91 bits per heavy atom. The van der Waals surface area contributed by atoms with Crippen LogP contribution in [-0.2, 0) is 11.3 Å². The van der Waals surface area contributed by atoms with Gasteiger partial charge in [-0.25, -0.2) is 0 Å². The van der Waals surface area contributed by atoms with Crippen LogP contribution >= 0.6 is 22.9 Å². The highest BCUT2D eigenvalue weighted by Gasteiger charge is 2.38. The summed E-state index contributed by atoms with van der Waals surface area (Å²) >= 11 is 8.25. The minimum atomic E-state index is -0.692. The molecule has 0 saturated carbocycles. The van der Waals surface area contributed by atoms with Gasteiger partial charge in [0.2, 0.25) is 0 Å². The molecule has 10 heteroatoms. The van der Waals surface area contributed by atoms with Crippen LogP contribution in [0.3, 0.4) is 0 Å². The normalized spacial score (nSPS) is 16.1. The first-order valence-corrected chi connectivity index (χ1v) is 12.2. The molecular weight excluding hydrogens is 474 g/mol. The Balaban J connectivity index is 1.64. The van der Waals surface area contributed by atoms with E-state index in [0.29, 0.717) is 17.4 Å². The third kappa shape index (κ3) is 4.43. The van der Waals surface area contributed by atoms with Crippen molar-refractivity contribution >= 4 is 51.4 Å². The first-order chi connectivity index (χ1) is 16.0. The van der Waals surface area contributed by atoms with E-state index >= 15 is 0 Å². The number of halogens is 1. The number of hydrogen-bond acceptors (Lipinski definition) is 6. The Hall–Kier alpha value is -2.88. The molecular formula is C24H28ClN5O3S. The van der Waals surface area contributed by atoms with Gasteiger partial charge in [-0.3, -0.25) is 24.0 Å². The second-order valence-corrected chi connectivity index (χ2v) is 10.8. The van der Waals surface area contributed by atoms with E-state index in [1.165, 1.54) is 34.7 Å². The van der Waals surface area contributed by atoms with Crippen LogP contribution in [0.1, 0.15) is 39.4 Å². The average molecular weight is 502 g/mol. The van der Waals surface area contributed by atoms with Gasteiger partial charge in [0.25, 0.3) is 17.6 Å². The number of benzene rings is 1. The van der Waals surface area contributed by atoms with E-state index < -0.39 is 17.2 Å². The van der Waals surface area contributed by atoms with Gasteiger partial charge in [-0.15, -0.1) is 11.3 Å². The molecule has 4 rings (SSSR count). The van der Waals surface area contributed by atoms with Crippen LogP contribution in [0.15, 0.2) is 35.8 Å². The molecule has 2 N–H and O–H groups in total. The highest BCUT2D eigenvalue weighted by Crippen LogP contribution is 2.32. The molecule has 1 aliphatic heterocycles. The maximum atomic E-state index is 13.7. The van der Waals surface area contributed by atoms with Gasteiger partial charge < -0.3 is 15.6 Å². The van der Waals surface area contributed by atoms with Crippen LogP contribution in [0.5, 0.6) is 0 Å². The Kier molecular flexibility index (Phi) is 6.46. The molecule has 0 aliphatic carbocycles. The Labute approximate surface area is 207 Å². The number of nitrogens with zero attached hydrogens (tertiary/aromatic N) is 4. The number of hydrogen-bond donors (Lipinski definition) is 1. The zero-order chi connectivity index (χ0) is 24.8. The molecule has 1 fully saturated rings. The first kappa shape index (κ1) is 24.3. The van der Waals surface area contributed by atoms with Gasteiger partial charge >= 0.3 is 0 Å². The number of likely N-dealkylation sites (N-methyl/N-ethyl adjacent to an activating group) is 1. The highest BCUT2D eigenvalue weighted by molar-refractivity contribution is 7.09. The number of Topliss-reactive ketones (excluding diaryl/α,β-unsaturated/α-hetero) is 1. The second-order valence-electron chi connectivity index (χ2n) is 9.39. The van der Waals surface area contributed by atoms with E-state index in [1.54, 1.807) is 23.5 Å². The quantitative estimate of drug-likeness (QED) is 0.329. The highest BCUT2D eigenvalue weighted by atomic mass is 35.5. The first-order valence-electron chi connectivity index (χ1n) is 10.9. The van der Waals surface area contributed by atoms with Crippen molar-refractivity contribution in [2.24, 2.45) is 0 Å². The summed E-state index contributed by atoms with van der Waals surface area (Å²) in [6.07, 6.45) is 1.40. The molecule has 1 aromatic carbocycles. The van der Waals surface area contributed by atoms with Crippen molar-refractivity contribution in [2.75, 3.05) is 39.6 Å². The molecule has 1 saturated heterocycles. The summed E-state index contributed by atoms with van der Waals surface area (Å²) in [6.45, 7) is 6.95. The fraction of sp³-hybridized carbons (Fsp3) is 0.375. The molecule has 1 aliphatic rings. The lowest BCUT2D eigenvalue weighted by atomic mass is 9.96. The number of rotatable bonds is 5. The van der Waals surface area contributed by atoms with Crippen LogP contribution in [-0.4, -0.2) is 76.2 Å². The predicted octanol–water partition coefficient (Wildman–Crippen LogP) is 3.08. The number of carbonyl (C=O) groups excluding carboxylic acids is 3. The lowest BCUT2D eigenvalue weighted by Crippen LogP contribution is -2.60. The van der Waals surface area contributed by atoms with Crippen molar-refractivity contribution in [1.29, 1.82) is 0 Å². The van der Waals surface area contributed by atoms with Gasteiger partial charge in [0.05, 0.1) is 27.2 Å². The van der Waals surface area contributed by atoms with Crippen LogP contribution in [0.2, 0.25) is 5.02 Å². The second kappa shape index (κ2) is 9.05. The number of aromatic nitrogens is 1. The molecule has 0 radical (unpaired) electrons. The smallest absolute Gasteiger partial charge is 0.294 e. The van der Waals surface area contributed by atoms with Gasteiger partial charge in [0.15, 0.2) is 0 Å². The fourth-order valence-electron chi connectivity index (χ4n) is 4.47. The number of amides is 2. The number of nitrogens with two attached hydrogens (primary N) is 1. The topological polar surface area (TPSA) is 91.9 Å². The molecule has 180 valence electrons. The van der Waals surface area contributed by atoms with Crippen molar-refractivity contribution < 1.29 is 14.4 Å². The summed E-state index contributed by atoms with van der Waals surface area (Å²) in [5, 5.41) is 2.74. The van der Waals surface area contributed by atoms with E-state index in [4.69, 9.17) is 17.4 Å². The Morgan fingerprint density at radius 3 is 2.53 bits per heavy atom. The van der Waals surface area contributed by atoms with E-state index in [1.807, 2.05) is 24.8 Å². The summed E-state index contributed by atoms with van der Waals surface area (Å²) in [4.78, 5) is 45.4. The molecule has 34 heavy (non-hydrogen) atoms. The van der Waals surface area contributed by atoms with E-state index in [0.717, 1.165) is 19.6 Å². The number of nitrogen functional groups attached to an aromatic ring is 1. The number of piperazine rings is 1. The fourth-order valence-corrected chi connectivity index (χ4v) is 5.45. The Bertz CT molecular complexity index is 1270. The van der Waals surface area contributed by atoms with Crippen molar-refractivity contribution in [3.63, 3.8) is 0 Å². The van der Waals surface area contributed by atoms with Crippen LogP contribution < -0.4 is 5.84 Å². The number of fused-ring (bicyclic) bond motifs is 1. The van der Waals surface area contributed by atoms with Crippen molar-refractivity contribution in [3.05, 3.63) is 56.9 Å². The molecule has 3 aromatic rings. The maximum Gasteiger partial charge on any atom is 0.294 e. The summed E-state index contributed by atoms with van der Waals surface area (Å²) in [7, 11) is 3.02. The minimum Gasteiger partial charge on any atom is -0.342 e. The standard InChI is InChI=1S/C24H28ClN5O3S/c1-24(2)14-28(12-15-6-5-9-34-15)7-8-29(24)22(32)17-10-16-18(21(31)23(33)27(3)4)13-30(26)20(16)11-19(17)25/h5-6,9-11,13H,7-8,12,14,26H2,1-4H3. The van der Waals surface area contributed by atoms with Crippen LogP contribution in [0.4, 0.5) is 0 Å². The van der Waals surface area contributed by atoms with Gasteiger partial charge in [0.1, 0.15) is 0 Å². The molecule has 2 amide bonds. The zero-order valence-electron chi connectivity index (χ0n) is 19.7. The molecule has 8 nitrogen and oxygen atoms in total. The third-order valence-corrected chi connectivity index (χ3v) is 7.36. The molecule has 3 heterocycles. The maximum absolute atomic E-state index is 13.7.